The third-order valence-electron chi connectivity index (χ3n) is 2.81. The van der Waals surface area contributed by atoms with Gasteiger partial charge in [-0.3, -0.25) is 9.59 Å². The van der Waals surface area contributed by atoms with E-state index in [1.165, 1.54) is 0 Å². The number of carbonyl (C=O) groups is 3. The van der Waals surface area contributed by atoms with Gasteiger partial charge in [-0.2, -0.15) is 0 Å². The Morgan fingerprint density at radius 3 is 2.80 bits per heavy atom. The quantitative estimate of drug-likeness (QED) is 0.721. The maximum Gasteiger partial charge on any atom is 0.341 e. The molecule has 0 spiro atoms. The molecule has 7 heteroatoms. The van der Waals surface area contributed by atoms with Crippen molar-refractivity contribution >= 4 is 23.5 Å². The molecule has 1 aliphatic rings. The van der Waals surface area contributed by atoms with Crippen LogP contribution in [0.5, 0.6) is 5.75 Å². The van der Waals surface area contributed by atoms with Gasteiger partial charge in [0.2, 0.25) is 11.8 Å². The SMILES string of the molecule is O=C(O)COc1ccccc1NC(=O)[C@H]1CCC(=O)N1. The van der Waals surface area contributed by atoms with E-state index in [1.807, 2.05) is 0 Å². The second-order valence-corrected chi connectivity index (χ2v) is 4.33. The minimum absolute atomic E-state index is 0.152. The summed E-state index contributed by atoms with van der Waals surface area (Å²) in [6, 6.07) is 5.97. The molecule has 0 saturated carbocycles. The molecule has 106 valence electrons. The first-order valence-corrected chi connectivity index (χ1v) is 6.10. The Labute approximate surface area is 114 Å². The standard InChI is InChI=1S/C13H14N2O5/c16-11-6-5-9(14-11)13(19)15-8-3-1-2-4-10(8)20-7-12(17)18/h1-4,9H,5-7H2,(H,14,16)(H,15,19)(H,17,18)/t9-/m1/s1. The lowest BCUT2D eigenvalue weighted by atomic mass is 10.2. The van der Waals surface area contributed by atoms with Gasteiger partial charge in [0, 0.05) is 6.42 Å². The molecule has 0 aromatic heterocycles. The lowest BCUT2D eigenvalue weighted by Crippen LogP contribution is -2.37. The van der Waals surface area contributed by atoms with Crippen LogP contribution in [-0.4, -0.2) is 35.5 Å². The Bertz CT molecular complexity index is 543. The predicted octanol–water partition coefficient (Wildman–Crippen LogP) is 0.367. The van der Waals surface area contributed by atoms with Gasteiger partial charge in [-0.25, -0.2) is 4.79 Å². The molecular formula is C13H14N2O5. The van der Waals surface area contributed by atoms with Crippen molar-refractivity contribution < 1.29 is 24.2 Å². The van der Waals surface area contributed by atoms with Gasteiger partial charge in [0.25, 0.3) is 0 Å². The summed E-state index contributed by atoms with van der Waals surface area (Å²) >= 11 is 0. The first-order chi connectivity index (χ1) is 9.56. The maximum absolute atomic E-state index is 12.0. The summed E-state index contributed by atoms with van der Waals surface area (Å²) in [6.07, 6.45) is 0.776. The van der Waals surface area contributed by atoms with Crippen molar-refractivity contribution in [3.63, 3.8) is 0 Å². The molecule has 1 fully saturated rings. The number of anilines is 1. The average Bonchev–Trinajstić information content (AvgIpc) is 2.84. The van der Waals surface area contributed by atoms with Gasteiger partial charge in [0.1, 0.15) is 11.8 Å². The van der Waals surface area contributed by atoms with E-state index in [2.05, 4.69) is 10.6 Å². The molecule has 1 aromatic carbocycles. The van der Waals surface area contributed by atoms with E-state index in [-0.39, 0.29) is 17.6 Å². The number of para-hydroxylation sites is 2. The number of hydrogen-bond acceptors (Lipinski definition) is 4. The molecule has 1 saturated heterocycles. The van der Waals surface area contributed by atoms with Gasteiger partial charge < -0.3 is 20.5 Å². The molecule has 0 unspecified atom stereocenters. The van der Waals surface area contributed by atoms with Crippen molar-refractivity contribution in [3.05, 3.63) is 24.3 Å². The van der Waals surface area contributed by atoms with Crippen LogP contribution in [0.2, 0.25) is 0 Å². The lowest BCUT2D eigenvalue weighted by Gasteiger charge is -2.14. The number of benzene rings is 1. The highest BCUT2D eigenvalue weighted by Crippen LogP contribution is 2.24. The van der Waals surface area contributed by atoms with Crippen molar-refractivity contribution in [2.75, 3.05) is 11.9 Å². The molecule has 3 N–H and O–H groups in total. The Morgan fingerprint density at radius 2 is 2.15 bits per heavy atom. The third-order valence-corrected chi connectivity index (χ3v) is 2.81. The summed E-state index contributed by atoms with van der Waals surface area (Å²) in [6.45, 7) is -0.493. The number of nitrogens with one attached hydrogen (secondary N) is 2. The highest BCUT2D eigenvalue weighted by Gasteiger charge is 2.27. The third kappa shape index (κ3) is 3.47. The minimum Gasteiger partial charge on any atom is -0.480 e. The normalized spacial score (nSPS) is 17.4. The number of ether oxygens (including phenoxy) is 1. The van der Waals surface area contributed by atoms with Gasteiger partial charge in [-0.05, 0) is 18.6 Å². The van der Waals surface area contributed by atoms with Crippen molar-refractivity contribution in [2.24, 2.45) is 0 Å². The molecule has 2 rings (SSSR count). The maximum atomic E-state index is 12.0. The Kier molecular flexibility index (Phi) is 4.19. The molecule has 0 radical (unpaired) electrons. The number of carboxylic acids is 1. The van der Waals surface area contributed by atoms with Crippen molar-refractivity contribution in [2.45, 2.75) is 18.9 Å². The first kappa shape index (κ1) is 13.9. The molecule has 1 atom stereocenters. The van der Waals surface area contributed by atoms with E-state index in [0.717, 1.165) is 0 Å². The minimum atomic E-state index is -1.10. The van der Waals surface area contributed by atoms with Crippen LogP contribution in [0.1, 0.15) is 12.8 Å². The topological polar surface area (TPSA) is 105 Å². The number of rotatable bonds is 5. The Balaban J connectivity index is 2.03. The van der Waals surface area contributed by atoms with E-state index in [1.54, 1.807) is 24.3 Å². The molecule has 1 heterocycles. The van der Waals surface area contributed by atoms with Crippen molar-refractivity contribution in [3.8, 4) is 5.75 Å². The second-order valence-electron chi connectivity index (χ2n) is 4.33. The van der Waals surface area contributed by atoms with Gasteiger partial charge in [-0.15, -0.1) is 0 Å². The smallest absolute Gasteiger partial charge is 0.341 e. The molecule has 0 aliphatic carbocycles. The van der Waals surface area contributed by atoms with Gasteiger partial charge in [-0.1, -0.05) is 12.1 Å². The average molecular weight is 278 g/mol. The van der Waals surface area contributed by atoms with Gasteiger partial charge in [0.15, 0.2) is 6.61 Å². The van der Waals surface area contributed by atoms with Crippen LogP contribution in [0.25, 0.3) is 0 Å². The van der Waals surface area contributed by atoms with E-state index in [4.69, 9.17) is 9.84 Å². The molecule has 1 aromatic rings. The number of carbonyl (C=O) groups excluding carboxylic acids is 2. The van der Waals surface area contributed by atoms with E-state index >= 15 is 0 Å². The monoisotopic (exact) mass is 278 g/mol. The Hall–Kier alpha value is -2.57. The summed E-state index contributed by atoms with van der Waals surface area (Å²) in [5.41, 5.74) is 0.375. The first-order valence-electron chi connectivity index (χ1n) is 6.10. The van der Waals surface area contributed by atoms with E-state index in [0.29, 0.717) is 18.5 Å². The molecule has 2 amide bonds. The predicted molar refractivity (Wildman–Crippen MR) is 69.4 cm³/mol. The molecule has 0 bridgehead atoms. The Morgan fingerprint density at radius 1 is 1.40 bits per heavy atom. The molecule has 1 aliphatic heterocycles. The highest BCUT2D eigenvalue weighted by atomic mass is 16.5. The van der Waals surface area contributed by atoms with Gasteiger partial charge >= 0.3 is 5.97 Å². The van der Waals surface area contributed by atoms with Crippen LogP contribution in [0, 0.1) is 0 Å². The van der Waals surface area contributed by atoms with Gasteiger partial charge in [0.05, 0.1) is 5.69 Å². The molecular weight excluding hydrogens is 264 g/mol. The zero-order valence-electron chi connectivity index (χ0n) is 10.6. The van der Waals surface area contributed by atoms with Crippen molar-refractivity contribution in [1.29, 1.82) is 0 Å². The number of aliphatic carboxylic acids is 1. The highest BCUT2D eigenvalue weighted by molar-refractivity contribution is 5.99. The number of hydrogen-bond donors (Lipinski definition) is 3. The van der Waals surface area contributed by atoms with Crippen LogP contribution < -0.4 is 15.4 Å². The summed E-state index contributed by atoms with van der Waals surface area (Å²) in [5, 5.41) is 13.8. The van der Waals surface area contributed by atoms with Crippen LogP contribution in [0.4, 0.5) is 5.69 Å². The molecule has 20 heavy (non-hydrogen) atoms. The fourth-order valence-corrected chi connectivity index (χ4v) is 1.87. The zero-order chi connectivity index (χ0) is 14.5. The molecule has 7 nitrogen and oxygen atoms in total. The second kappa shape index (κ2) is 6.05. The lowest BCUT2D eigenvalue weighted by molar-refractivity contribution is -0.139. The van der Waals surface area contributed by atoms with Crippen LogP contribution in [0.3, 0.4) is 0 Å². The summed E-state index contributed by atoms with van der Waals surface area (Å²) < 4.78 is 5.08. The fourth-order valence-electron chi connectivity index (χ4n) is 1.87. The number of carboxylic acid groups (broad SMARTS) is 1. The van der Waals surface area contributed by atoms with E-state index < -0.39 is 18.6 Å². The van der Waals surface area contributed by atoms with Crippen LogP contribution >= 0.6 is 0 Å². The van der Waals surface area contributed by atoms with Crippen molar-refractivity contribution in [1.82, 2.24) is 5.32 Å². The fraction of sp³-hybridized carbons (Fsp3) is 0.308. The largest absolute Gasteiger partial charge is 0.480 e. The summed E-state index contributed by atoms with van der Waals surface area (Å²) in [5.74, 6) is -1.33. The van der Waals surface area contributed by atoms with Crippen LogP contribution in [-0.2, 0) is 14.4 Å². The summed E-state index contributed by atoms with van der Waals surface area (Å²) in [7, 11) is 0. The van der Waals surface area contributed by atoms with E-state index in [9.17, 15) is 14.4 Å². The zero-order valence-corrected chi connectivity index (χ0v) is 10.6. The summed E-state index contributed by atoms with van der Waals surface area (Å²) in [4.78, 5) is 33.5. The van der Waals surface area contributed by atoms with Crippen LogP contribution in [0.15, 0.2) is 24.3 Å². The number of amides is 2.